The zero-order chi connectivity index (χ0) is 19.5. The van der Waals surface area contributed by atoms with E-state index in [1.54, 1.807) is 19.9 Å². The first kappa shape index (κ1) is 20.5. The molecule has 0 bridgehead atoms. The summed E-state index contributed by atoms with van der Waals surface area (Å²) in [7, 11) is 0. The fraction of sp³-hybridized carbons (Fsp3) is 0.545. The van der Waals surface area contributed by atoms with Crippen LogP contribution in [0.5, 0.6) is 11.5 Å². The van der Waals surface area contributed by atoms with Gasteiger partial charge in [-0.3, -0.25) is 0 Å². The lowest BCUT2D eigenvalue weighted by molar-refractivity contribution is -0.0509. The molecule has 0 saturated heterocycles. The van der Waals surface area contributed by atoms with Gasteiger partial charge >= 0.3 is 0 Å². The molecular weight excluding hydrogens is 328 g/mol. The van der Waals surface area contributed by atoms with E-state index in [9.17, 15) is 15.3 Å². The molecule has 4 heteroatoms. The van der Waals surface area contributed by atoms with Crippen molar-refractivity contribution < 1.29 is 20.1 Å². The van der Waals surface area contributed by atoms with E-state index in [0.717, 1.165) is 36.1 Å². The highest BCUT2D eigenvalue weighted by molar-refractivity contribution is 5.67. The van der Waals surface area contributed by atoms with Gasteiger partial charge in [-0.05, 0) is 90.2 Å². The maximum Gasteiger partial charge on any atom is 0.131 e. The molecular formula is C22H32O4. The number of aromatic hydroxyl groups is 1. The number of allylic oxidation sites excluding steroid dienone is 2. The molecule has 0 amide bonds. The molecule has 4 nitrogen and oxygen atoms in total. The number of aliphatic hydroxyl groups is 2. The summed E-state index contributed by atoms with van der Waals surface area (Å²) in [5.74, 6) is 0.973. The molecule has 0 aromatic heterocycles. The number of rotatable bonds is 7. The van der Waals surface area contributed by atoms with Crippen molar-refractivity contribution in [3.05, 3.63) is 41.0 Å². The largest absolute Gasteiger partial charge is 0.507 e. The fourth-order valence-electron chi connectivity index (χ4n) is 3.10. The Morgan fingerprint density at radius 1 is 1.35 bits per heavy atom. The highest BCUT2D eigenvalue weighted by Gasteiger charge is 2.28. The number of aryl methyl sites for hydroxylation is 1. The first-order chi connectivity index (χ1) is 12.0. The molecule has 0 radical (unpaired) electrons. The van der Waals surface area contributed by atoms with Crippen LogP contribution in [0.2, 0.25) is 0 Å². The first-order valence-electron chi connectivity index (χ1n) is 9.28. The molecule has 0 unspecified atom stereocenters. The summed E-state index contributed by atoms with van der Waals surface area (Å²) >= 11 is 0. The van der Waals surface area contributed by atoms with Gasteiger partial charge in [0.1, 0.15) is 17.1 Å². The molecule has 1 aromatic carbocycles. The van der Waals surface area contributed by atoms with Crippen molar-refractivity contribution >= 4 is 6.08 Å². The van der Waals surface area contributed by atoms with Gasteiger partial charge in [0, 0.05) is 0 Å². The number of phenols is 1. The lowest BCUT2D eigenvalue weighted by Gasteiger charge is -2.32. The Bertz CT molecular complexity index is 697. The number of hydrogen-bond donors (Lipinski definition) is 3. The summed E-state index contributed by atoms with van der Waals surface area (Å²) in [4.78, 5) is 0. The van der Waals surface area contributed by atoms with Crippen molar-refractivity contribution in [1.29, 1.82) is 0 Å². The van der Waals surface area contributed by atoms with E-state index in [0.29, 0.717) is 6.42 Å². The highest BCUT2D eigenvalue weighted by Crippen LogP contribution is 2.39. The molecule has 0 fully saturated rings. The minimum Gasteiger partial charge on any atom is -0.507 e. The molecule has 0 aliphatic carbocycles. The zero-order valence-corrected chi connectivity index (χ0v) is 16.5. The van der Waals surface area contributed by atoms with Crippen LogP contribution in [0.3, 0.4) is 0 Å². The summed E-state index contributed by atoms with van der Waals surface area (Å²) < 4.78 is 6.16. The zero-order valence-electron chi connectivity index (χ0n) is 16.5. The lowest BCUT2D eigenvalue weighted by Crippen LogP contribution is -2.35. The van der Waals surface area contributed by atoms with Crippen LogP contribution < -0.4 is 4.74 Å². The van der Waals surface area contributed by atoms with Crippen LogP contribution in [0.1, 0.15) is 64.5 Å². The maximum atomic E-state index is 10.0. The Kier molecular flexibility index (Phi) is 6.20. The van der Waals surface area contributed by atoms with Crippen molar-refractivity contribution in [3.63, 3.8) is 0 Å². The normalized spacial score (nSPS) is 21.3. The summed E-state index contributed by atoms with van der Waals surface area (Å²) in [6.07, 6.45) is 8.37. The number of ether oxygens (including phenoxy) is 1. The van der Waals surface area contributed by atoms with Crippen LogP contribution in [-0.2, 0) is 0 Å². The molecule has 2 rings (SSSR count). The Balaban J connectivity index is 1.91. The van der Waals surface area contributed by atoms with Gasteiger partial charge in [-0.1, -0.05) is 11.6 Å². The van der Waals surface area contributed by atoms with E-state index in [4.69, 9.17) is 4.74 Å². The Hall–Kier alpha value is -1.78. The summed E-state index contributed by atoms with van der Waals surface area (Å²) in [6, 6.07) is 3.69. The third kappa shape index (κ3) is 5.36. The van der Waals surface area contributed by atoms with Crippen LogP contribution in [0.4, 0.5) is 0 Å². The van der Waals surface area contributed by atoms with Crippen molar-refractivity contribution in [3.8, 4) is 11.5 Å². The monoisotopic (exact) mass is 360 g/mol. The van der Waals surface area contributed by atoms with Crippen LogP contribution in [0, 0.1) is 6.92 Å². The fourth-order valence-corrected chi connectivity index (χ4v) is 3.10. The van der Waals surface area contributed by atoms with Gasteiger partial charge in [0.25, 0.3) is 0 Å². The average Bonchev–Trinajstić information content (AvgIpc) is 2.50. The topological polar surface area (TPSA) is 69.9 Å². The number of hydrogen-bond acceptors (Lipinski definition) is 4. The van der Waals surface area contributed by atoms with Gasteiger partial charge < -0.3 is 20.1 Å². The summed E-state index contributed by atoms with van der Waals surface area (Å²) in [5, 5.41) is 29.7. The molecule has 0 saturated carbocycles. The van der Waals surface area contributed by atoms with E-state index in [2.05, 4.69) is 6.08 Å². The van der Waals surface area contributed by atoms with E-state index >= 15 is 0 Å². The molecule has 3 N–H and O–H groups in total. The predicted octanol–water partition coefficient (Wildman–Crippen LogP) is 4.50. The quantitative estimate of drug-likeness (QED) is 0.626. The minimum absolute atomic E-state index is 0.249. The Labute approximate surface area is 156 Å². The van der Waals surface area contributed by atoms with E-state index < -0.39 is 17.3 Å². The van der Waals surface area contributed by atoms with Gasteiger partial charge in [0.2, 0.25) is 0 Å². The third-order valence-corrected chi connectivity index (χ3v) is 4.97. The van der Waals surface area contributed by atoms with Crippen molar-refractivity contribution in [2.24, 2.45) is 0 Å². The van der Waals surface area contributed by atoms with E-state index in [1.807, 2.05) is 39.0 Å². The van der Waals surface area contributed by atoms with Crippen molar-refractivity contribution in [2.45, 2.75) is 77.6 Å². The highest BCUT2D eigenvalue weighted by atomic mass is 16.5. The number of benzene rings is 1. The second-order valence-corrected chi connectivity index (χ2v) is 8.24. The second-order valence-electron chi connectivity index (χ2n) is 8.24. The van der Waals surface area contributed by atoms with Crippen LogP contribution >= 0.6 is 0 Å². The molecule has 1 aliphatic rings. The number of aliphatic hydroxyl groups excluding tert-OH is 1. The van der Waals surface area contributed by atoms with Crippen molar-refractivity contribution in [2.75, 3.05) is 0 Å². The molecule has 1 heterocycles. The van der Waals surface area contributed by atoms with Gasteiger partial charge in [-0.15, -0.1) is 0 Å². The van der Waals surface area contributed by atoms with Crippen LogP contribution in [0.15, 0.2) is 29.9 Å². The number of phenolic OH excluding ortho intramolecular Hbond substituents is 1. The third-order valence-electron chi connectivity index (χ3n) is 4.97. The second kappa shape index (κ2) is 7.85. The minimum atomic E-state index is -1.06. The standard InChI is InChI=1S/C22H32O4/c1-15(8-9-20(24)21(3,4)25)7-6-11-22(5)12-10-17-18(23)13-16(2)14-19(17)26-22/h7,10,12-14,20,23-25H,6,8-9,11H2,1-5H3/b15-7+/t20-,22+/m0/s1. The molecule has 26 heavy (non-hydrogen) atoms. The smallest absolute Gasteiger partial charge is 0.131 e. The Morgan fingerprint density at radius 2 is 2.04 bits per heavy atom. The van der Waals surface area contributed by atoms with Crippen molar-refractivity contribution in [1.82, 2.24) is 0 Å². The van der Waals surface area contributed by atoms with E-state index in [1.165, 1.54) is 5.57 Å². The predicted molar refractivity (Wildman–Crippen MR) is 105 cm³/mol. The van der Waals surface area contributed by atoms with Gasteiger partial charge in [0.05, 0.1) is 17.3 Å². The molecule has 2 atom stereocenters. The van der Waals surface area contributed by atoms with E-state index in [-0.39, 0.29) is 5.75 Å². The molecule has 0 spiro atoms. The molecule has 1 aromatic rings. The summed E-state index contributed by atoms with van der Waals surface area (Å²) in [5.41, 5.74) is 1.44. The van der Waals surface area contributed by atoms with Gasteiger partial charge in [0.15, 0.2) is 0 Å². The molecule has 1 aliphatic heterocycles. The van der Waals surface area contributed by atoms with Gasteiger partial charge in [-0.2, -0.15) is 0 Å². The van der Waals surface area contributed by atoms with Gasteiger partial charge in [-0.25, -0.2) is 0 Å². The molecule has 144 valence electrons. The average molecular weight is 360 g/mol. The van der Waals surface area contributed by atoms with Crippen LogP contribution in [-0.4, -0.2) is 32.6 Å². The number of fused-ring (bicyclic) bond motifs is 1. The lowest BCUT2D eigenvalue weighted by atomic mass is 9.93. The Morgan fingerprint density at radius 3 is 2.69 bits per heavy atom. The first-order valence-corrected chi connectivity index (χ1v) is 9.28. The SMILES string of the molecule is C/C(=C\CC[C@]1(C)C=Cc2c(O)cc(C)cc2O1)CC[C@H](O)C(C)(C)O. The maximum absolute atomic E-state index is 10.0. The van der Waals surface area contributed by atoms with Crippen LogP contribution in [0.25, 0.3) is 6.08 Å². The summed E-state index contributed by atoms with van der Waals surface area (Å²) in [6.45, 7) is 9.29.